The van der Waals surface area contributed by atoms with Crippen LogP contribution < -0.4 is 0 Å². The number of nitrogens with zero attached hydrogens (tertiary/aromatic N) is 1. The summed E-state index contributed by atoms with van der Waals surface area (Å²) in [6.07, 6.45) is 0.214. The molecule has 0 fully saturated rings. The third-order valence-corrected chi connectivity index (χ3v) is 4.37. The Morgan fingerprint density at radius 3 is 2.50 bits per heavy atom. The van der Waals surface area contributed by atoms with E-state index in [1.165, 1.54) is 9.75 Å². The molecule has 0 spiro atoms. The highest BCUT2D eigenvalue weighted by atomic mass is 32.1. The van der Waals surface area contributed by atoms with E-state index in [2.05, 4.69) is 44.7 Å². The van der Waals surface area contributed by atoms with Gasteiger partial charge < -0.3 is 5.11 Å². The lowest BCUT2D eigenvalue weighted by atomic mass is 9.95. The Labute approximate surface area is 113 Å². The largest absolute Gasteiger partial charge is 0.481 e. The van der Waals surface area contributed by atoms with Gasteiger partial charge in [-0.3, -0.25) is 9.69 Å². The Kier molecular flexibility index (Phi) is 5.35. The van der Waals surface area contributed by atoms with Crippen molar-refractivity contribution in [1.82, 2.24) is 4.90 Å². The van der Waals surface area contributed by atoms with E-state index in [4.69, 9.17) is 5.11 Å². The van der Waals surface area contributed by atoms with Gasteiger partial charge in [0.05, 0.1) is 6.42 Å². The van der Waals surface area contributed by atoms with Gasteiger partial charge in [0.2, 0.25) is 0 Å². The molecular formula is C14H23NO2S. The first-order valence-electron chi connectivity index (χ1n) is 6.36. The number of carboxylic acid groups (broad SMARTS) is 1. The van der Waals surface area contributed by atoms with Crippen LogP contribution in [0.4, 0.5) is 0 Å². The first-order chi connectivity index (χ1) is 8.32. The molecule has 0 atom stereocenters. The maximum absolute atomic E-state index is 10.6. The lowest BCUT2D eigenvalue weighted by Gasteiger charge is -2.19. The van der Waals surface area contributed by atoms with Gasteiger partial charge in [0.1, 0.15) is 0 Å². The van der Waals surface area contributed by atoms with Crippen LogP contribution in [-0.4, -0.2) is 29.1 Å². The van der Waals surface area contributed by atoms with Crippen molar-refractivity contribution in [2.75, 3.05) is 13.1 Å². The summed E-state index contributed by atoms with van der Waals surface area (Å²) in [7, 11) is 0. The first-order valence-corrected chi connectivity index (χ1v) is 7.18. The van der Waals surface area contributed by atoms with Crippen molar-refractivity contribution in [2.24, 2.45) is 0 Å². The molecule has 1 rings (SSSR count). The fraction of sp³-hybridized carbons (Fsp3) is 0.643. The predicted octanol–water partition coefficient (Wildman–Crippen LogP) is 3.34. The highest BCUT2D eigenvalue weighted by Crippen LogP contribution is 2.29. The van der Waals surface area contributed by atoms with Crippen molar-refractivity contribution in [3.8, 4) is 0 Å². The molecule has 0 saturated heterocycles. The number of rotatable bonds is 6. The Bertz CT molecular complexity index is 393. The van der Waals surface area contributed by atoms with E-state index in [-0.39, 0.29) is 11.8 Å². The number of hydrogen-bond donors (Lipinski definition) is 1. The summed E-state index contributed by atoms with van der Waals surface area (Å²) in [4.78, 5) is 15.5. The van der Waals surface area contributed by atoms with Crippen molar-refractivity contribution in [2.45, 2.75) is 46.1 Å². The molecule has 1 N–H and O–H groups in total. The molecule has 0 unspecified atom stereocenters. The second-order valence-corrected chi connectivity index (χ2v) is 6.70. The van der Waals surface area contributed by atoms with E-state index in [0.29, 0.717) is 6.54 Å². The Hall–Kier alpha value is -0.870. The van der Waals surface area contributed by atoms with E-state index in [0.717, 1.165) is 13.1 Å². The fourth-order valence-electron chi connectivity index (χ4n) is 1.69. The van der Waals surface area contributed by atoms with Gasteiger partial charge in [-0.25, -0.2) is 0 Å². The highest BCUT2D eigenvalue weighted by molar-refractivity contribution is 7.12. The Morgan fingerprint density at radius 2 is 2.06 bits per heavy atom. The van der Waals surface area contributed by atoms with Gasteiger partial charge in [-0.2, -0.15) is 0 Å². The van der Waals surface area contributed by atoms with Crippen LogP contribution in [0, 0.1) is 0 Å². The molecule has 0 amide bonds. The minimum absolute atomic E-state index is 0.195. The van der Waals surface area contributed by atoms with Crippen molar-refractivity contribution >= 4 is 17.3 Å². The van der Waals surface area contributed by atoms with E-state index < -0.39 is 5.97 Å². The molecule has 0 aliphatic carbocycles. The summed E-state index contributed by atoms with van der Waals surface area (Å²) in [6, 6.07) is 4.35. The second kappa shape index (κ2) is 6.34. The smallest absolute Gasteiger partial charge is 0.304 e. The van der Waals surface area contributed by atoms with E-state index >= 15 is 0 Å². The van der Waals surface area contributed by atoms with Gasteiger partial charge in [0, 0.05) is 22.8 Å². The third-order valence-electron chi connectivity index (χ3n) is 2.87. The van der Waals surface area contributed by atoms with E-state index in [9.17, 15) is 4.79 Å². The lowest BCUT2D eigenvalue weighted by molar-refractivity contribution is -0.137. The second-order valence-electron chi connectivity index (χ2n) is 5.53. The van der Waals surface area contributed by atoms with Gasteiger partial charge in [-0.05, 0) is 24.1 Å². The van der Waals surface area contributed by atoms with Gasteiger partial charge in [0.15, 0.2) is 0 Å². The van der Waals surface area contributed by atoms with Crippen molar-refractivity contribution in [1.29, 1.82) is 0 Å². The van der Waals surface area contributed by atoms with Gasteiger partial charge in [-0.15, -0.1) is 11.3 Å². The average Bonchev–Trinajstić information content (AvgIpc) is 2.71. The summed E-state index contributed by atoms with van der Waals surface area (Å²) >= 11 is 1.83. The number of carboxylic acids is 1. The molecule has 18 heavy (non-hydrogen) atoms. The van der Waals surface area contributed by atoms with Crippen molar-refractivity contribution in [3.05, 3.63) is 21.9 Å². The zero-order chi connectivity index (χ0) is 13.8. The summed E-state index contributed by atoms with van der Waals surface area (Å²) in [5, 5.41) is 8.71. The number of thiophene rings is 1. The SMILES string of the molecule is CCN(CCC(=O)O)Cc1ccc(C(C)(C)C)s1. The molecule has 1 aromatic rings. The van der Waals surface area contributed by atoms with Crippen LogP contribution in [0.3, 0.4) is 0 Å². The van der Waals surface area contributed by atoms with Gasteiger partial charge in [0.25, 0.3) is 0 Å². The molecule has 3 nitrogen and oxygen atoms in total. The predicted molar refractivity (Wildman–Crippen MR) is 76.2 cm³/mol. The van der Waals surface area contributed by atoms with Crippen LogP contribution in [-0.2, 0) is 16.8 Å². The zero-order valence-corrected chi connectivity index (χ0v) is 12.5. The summed E-state index contributed by atoms with van der Waals surface area (Å²) in [6.45, 7) is 11.1. The van der Waals surface area contributed by atoms with Crippen LogP contribution in [0.5, 0.6) is 0 Å². The molecule has 0 saturated carbocycles. The molecule has 1 aromatic heterocycles. The minimum atomic E-state index is -0.727. The van der Waals surface area contributed by atoms with Crippen LogP contribution in [0.2, 0.25) is 0 Å². The van der Waals surface area contributed by atoms with Crippen LogP contribution in [0.25, 0.3) is 0 Å². The molecular weight excluding hydrogens is 246 g/mol. The molecule has 0 aromatic carbocycles. The average molecular weight is 269 g/mol. The highest BCUT2D eigenvalue weighted by Gasteiger charge is 2.16. The molecule has 4 heteroatoms. The zero-order valence-electron chi connectivity index (χ0n) is 11.7. The standard InChI is InChI=1S/C14H23NO2S/c1-5-15(9-8-13(16)17)10-11-6-7-12(18-11)14(2,3)4/h6-7H,5,8-10H2,1-4H3,(H,16,17). The lowest BCUT2D eigenvalue weighted by Crippen LogP contribution is -2.25. The molecule has 0 bridgehead atoms. The quantitative estimate of drug-likeness (QED) is 0.861. The van der Waals surface area contributed by atoms with Gasteiger partial charge >= 0.3 is 5.97 Å². The number of hydrogen-bond acceptors (Lipinski definition) is 3. The summed E-state index contributed by atoms with van der Waals surface area (Å²) in [5.41, 5.74) is 0.195. The normalized spacial score (nSPS) is 12.1. The molecule has 0 aliphatic heterocycles. The Balaban J connectivity index is 2.59. The van der Waals surface area contributed by atoms with Gasteiger partial charge in [-0.1, -0.05) is 27.7 Å². The monoisotopic (exact) mass is 269 g/mol. The van der Waals surface area contributed by atoms with E-state index in [1.807, 2.05) is 11.3 Å². The van der Waals surface area contributed by atoms with Crippen LogP contribution in [0.15, 0.2) is 12.1 Å². The van der Waals surface area contributed by atoms with E-state index in [1.54, 1.807) is 0 Å². The summed E-state index contributed by atoms with van der Waals surface area (Å²) < 4.78 is 0. The van der Waals surface area contributed by atoms with Crippen molar-refractivity contribution in [3.63, 3.8) is 0 Å². The van der Waals surface area contributed by atoms with Crippen LogP contribution in [0.1, 0.15) is 43.9 Å². The summed E-state index contributed by atoms with van der Waals surface area (Å²) in [5.74, 6) is -0.727. The maximum atomic E-state index is 10.6. The number of carbonyl (C=O) groups is 1. The van der Waals surface area contributed by atoms with Crippen molar-refractivity contribution < 1.29 is 9.90 Å². The topological polar surface area (TPSA) is 40.5 Å². The molecule has 0 aliphatic rings. The molecule has 1 heterocycles. The van der Waals surface area contributed by atoms with Crippen LogP contribution >= 0.6 is 11.3 Å². The Morgan fingerprint density at radius 1 is 1.39 bits per heavy atom. The number of aliphatic carboxylic acids is 1. The maximum Gasteiger partial charge on any atom is 0.304 e. The molecule has 102 valence electrons. The fourth-order valence-corrected chi connectivity index (χ4v) is 2.80. The molecule has 0 radical (unpaired) electrons. The minimum Gasteiger partial charge on any atom is -0.481 e. The third kappa shape index (κ3) is 4.78. The first kappa shape index (κ1) is 15.2.